The van der Waals surface area contributed by atoms with E-state index in [1.54, 1.807) is 12.1 Å². The average molecular weight is 286 g/mol. The molecule has 0 unspecified atom stereocenters. The van der Waals surface area contributed by atoms with Gasteiger partial charge in [-0.2, -0.15) is 0 Å². The van der Waals surface area contributed by atoms with E-state index in [1.165, 1.54) is 6.07 Å². The smallest absolute Gasteiger partial charge is 0.497 e. The number of hydrogen-bond acceptors (Lipinski definition) is 3. The molecule has 1 aromatic carbocycles. The Balaban J connectivity index is 2.34. The number of hydrogen-bond donors (Lipinski definition) is 0. The zero-order valence-corrected chi connectivity index (χ0v) is 12.4. The monoisotopic (exact) mass is 285 g/mol. The third kappa shape index (κ3) is 2.76. The van der Waals surface area contributed by atoms with Crippen molar-refractivity contribution in [1.29, 1.82) is 0 Å². The molecule has 104 valence electrons. The van der Waals surface area contributed by atoms with Gasteiger partial charge in [0.1, 0.15) is 5.75 Å². The van der Waals surface area contributed by atoms with Crippen LogP contribution in [0.15, 0.2) is 18.2 Å². The molecule has 0 spiro atoms. The van der Waals surface area contributed by atoms with E-state index in [1.807, 2.05) is 13.8 Å². The van der Waals surface area contributed by atoms with Crippen molar-refractivity contribution >= 4 is 24.2 Å². The van der Waals surface area contributed by atoms with Gasteiger partial charge in [-0.15, -0.1) is 0 Å². The minimum absolute atomic E-state index is 0.173. The molecule has 0 aromatic heterocycles. The molecule has 0 aliphatic carbocycles. The van der Waals surface area contributed by atoms with E-state index in [-0.39, 0.29) is 11.2 Å². The van der Waals surface area contributed by atoms with Crippen molar-refractivity contribution in [3.8, 4) is 5.75 Å². The van der Waals surface area contributed by atoms with E-state index in [0.29, 0.717) is 17.1 Å². The lowest BCUT2D eigenvalue weighted by molar-refractivity contribution is -0.0938. The lowest BCUT2D eigenvalue weighted by atomic mass is 9.69. The minimum Gasteiger partial charge on any atom is -0.497 e. The summed E-state index contributed by atoms with van der Waals surface area (Å²) in [6.45, 7) is 8.56. The second-order valence-corrected chi connectivity index (χ2v) is 6.38. The second kappa shape index (κ2) is 5.00. The van der Waals surface area contributed by atoms with Crippen molar-refractivity contribution in [3.63, 3.8) is 0 Å². The molecule has 0 atom stereocenters. The van der Waals surface area contributed by atoms with Crippen molar-refractivity contribution in [2.45, 2.75) is 33.3 Å². The van der Waals surface area contributed by atoms with E-state index in [9.17, 15) is 0 Å². The number of methoxy groups -OCH3 is 1. The molecule has 1 heterocycles. The van der Waals surface area contributed by atoms with Gasteiger partial charge in [0.2, 0.25) is 0 Å². The number of ether oxygens (including phenoxy) is 1. The molecule has 5 heteroatoms. The van der Waals surface area contributed by atoms with Crippen LogP contribution in [0.5, 0.6) is 5.75 Å². The summed E-state index contributed by atoms with van der Waals surface area (Å²) in [6, 6.07) is 4.70. The van der Waals surface area contributed by atoms with Crippen LogP contribution < -0.4 is 10.2 Å². The van der Waals surface area contributed by atoms with Crippen LogP contribution in [-0.2, 0) is 9.31 Å². The van der Waals surface area contributed by atoms with Gasteiger partial charge in [0.25, 0.3) is 0 Å². The maximum absolute atomic E-state index is 7.27. The fraction of sp³-hybridized carbons (Fsp3) is 0.571. The molecule has 3 nitrogen and oxygen atoms in total. The van der Waals surface area contributed by atoms with Crippen LogP contribution in [0.1, 0.15) is 31.8 Å². The van der Waals surface area contributed by atoms with Gasteiger partial charge in [-0.25, -0.2) is 0 Å². The number of benzene rings is 1. The maximum Gasteiger partial charge on any atom is 0.498 e. The van der Waals surface area contributed by atoms with Crippen molar-refractivity contribution in [1.82, 2.24) is 0 Å². The van der Waals surface area contributed by atoms with E-state index in [2.05, 4.69) is 13.8 Å². The maximum atomic E-state index is 7.27. The van der Waals surface area contributed by atoms with Crippen molar-refractivity contribution in [2.75, 3.05) is 13.6 Å². The standard InChI is InChI=1S/C14H20BClO3/c1-13(2)9-18-15(19-14(13,3)4)11-8-10(16)6-7-12(11)17-5/h6-8H,9H2,1-5H3/i5D3. The van der Waals surface area contributed by atoms with Gasteiger partial charge in [0.05, 0.1) is 16.8 Å². The summed E-state index contributed by atoms with van der Waals surface area (Å²) in [4.78, 5) is 0. The summed E-state index contributed by atoms with van der Waals surface area (Å²) in [6.07, 6.45) is 0. The second-order valence-electron chi connectivity index (χ2n) is 5.94. The molecular weight excluding hydrogens is 262 g/mol. The summed E-state index contributed by atoms with van der Waals surface area (Å²) in [5, 5.41) is 0.461. The summed E-state index contributed by atoms with van der Waals surface area (Å²) in [5.74, 6) is 0.185. The fourth-order valence-corrected chi connectivity index (χ4v) is 2.05. The molecule has 0 bridgehead atoms. The van der Waals surface area contributed by atoms with Gasteiger partial charge in [-0.1, -0.05) is 25.4 Å². The van der Waals surface area contributed by atoms with Crippen LogP contribution in [0.2, 0.25) is 5.02 Å². The first-order valence-electron chi connectivity index (χ1n) is 7.69. The van der Waals surface area contributed by atoms with E-state index < -0.39 is 19.8 Å². The van der Waals surface area contributed by atoms with Crippen molar-refractivity contribution < 1.29 is 18.2 Å². The van der Waals surface area contributed by atoms with Crippen LogP contribution in [0.4, 0.5) is 0 Å². The van der Waals surface area contributed by atoms with Crippen LogP contribution >= 0.6 is 11.6 Å². The summed E-state index contributed by atoms with van der Waals surface area (Å²) < 4.78 is 38.7. The Morgan fingerprint density at radius 3 is 2.74 bits per heavy atom. The summed E-state index contributed by atoms with van der Waals surface area (Å²) >= 11 is 6.03. The predicted molar refractivity (Wildman–Crippen MR) is 78.3 cm³/mol. The normalized spacial score (nSPS) is 24.3. The lowest BCUT2D eigenvalue weighted by Gasteiger charge is -2.47. The quantitative estimate of drug-likeness (QED) is 0.782. The highest BCUT2D eigenvalue weighted by Crippen LogP contribution is 2.38. The minimum atomic E-state index is -2.55. The first-order valence-corrected chi connectivity index (χ1v) is 6.57. The molecule has 1 aromatic rings. The average Bonchev–Trinajstić information content (AvgIpc) is 2.33. The Morgan fingerprint density at radius 2 is 2.11 bits per heavy atom. The molecule has 0 saturated carbocycles. The molecule has 0 radical (unpaired) electrons. The van der Waals surface area contributed by atoms with Crippen LogP contribution in [0.25, 0.3) is 0 Å². The van der Waals surface area contributed by atoms with E-state index in [0.717, 1.165) is 0 Å². The molecule has 0 N–H and O–H groups in total. The van der Waals surface area contributed by atoms with Crippen molar-refractivity contribution in [3.05, 3.63) is 23.2 Å². The zero-order chi connectivity index (χ0) is 16.8. The van der Waals surface area contributed by atoms with Crippen LogP contribution in [0, 0.1) is 5.41 Å². The molecule has 0 amide bonds. The topological polar surface area (TPSA) is 27.7 Å². The highest BCUT2D eigenvalue weighted by atomic mass is 35.5. The van der Waals surface area contributed by atoms with E-state index in [4.69, 9.17) is 29.8 Å². The Kier molecular flexibility index (Phi) is 2.90. The molecule has 2 rings (SSSR count). The third-order valence-corrected chi connectivity index (χ3v) is 4.20. The lowest BCUT2D eigenvalue weighted by Crippen LogP contribution is -2.58. The van der Waals surface area contributed by atoms with E-state index >= 15 is 0 Å². The van der Waals surface area contributed by atoms with Gasteiger partial charge in [-0.3, -0.25) is 0 Å². The molecule has 1 saturated heterocycles. The Hall–Kier alpha value is -0.705. The first-order chi connectivity index (χ1) is 9.91. The van der Waals surface area contributed by atoms with Crippen molar-refractivity contribution in [2.24, 2.45) is 5.41 Å². The fourth-order valence-electron chi connectivity index (χ4n) is 1.87. The highest BCUT2D eigenvalue weighted by molar-refractivity contribution is 6.63. The summed E-state index contributed by atoms with van der Waals surface area (Å²) in [7, 11) is -3.27. The summed E-state index contributed by atoms with van der Waals surface area (Å²) in [5.41, 5.74) is -0.144. The van der Waals surface area contributed by atoms with Crippen LogP contribution in [0.3, 0.4) is 0 Å². The van der Waals surface area contributed by atoms with Gasteiger partial charge < -0.3 is 14.0 Å². The van der Waals surface area contributed by atoms with Gasteiger partial charge in [0, 0.05) is 22.5 Å². The van der Waals surface area contributed by atoms with Gasteiger partial charge in [-0.05, 0) is 32.0 Å². The zero-order valence-electron chi connectivity index (χ0n) is 14.6. The predicted octanol–water partition coefficient (Wildman–Crippen LogP) is 2.90. The SMILES string of the molecule is [2H]C([2H])([2H])Oc1ccc(Cl)cc1B1OCC(C)(C)C(C)(C)O1. The Labute approximate surface area is 124 Å². The third-order valence-electron chi connectivity index (χ3n) is 3.96. The first kappa shape index (κ1) is 11.0. The number of rotatable bonds is 2. The largest absolute Gasteiger partial charge is 0.498 e. The Bertz CT molecular complexity index is 561. The van der Waals surface area contributed by atoms with Gasteiger partial charge in [0.15, 0.2) is 0 Å². The van der Waals surface area contributed by atoms with Gasteiger partial charge >= 0.3 is 7.12 Å². The molecule has 1 fully saturated rings. The van der Waals surface area contributed by atoms with Crippen LogP contribution in [-0.4, -0.2) is 26.4 Å². The molecule has 1 aliphatic heterocycles. The highest BCUT2D eigenvalue weighted by Gasteiger charge is 2.47. The molecular formula is C14H20BClO3. The molecule has 1 aliphatic rings. The molecule has 19 heavy (non-hydrogen) atoms. The Morgan fingerprint density at radius 1 is 1.37 bits per heavy atom. The number of halogens is 1.